The number of hydrazone groups is 1. The van der Waals surface area contributed by atoms with Crippen LogP contribution in [0.4, 0.5) is 0 Å². The van der Waals surface area contributed by atoms with Gasteiger partial charge in [0, 0.05) is 0 Å². The molecule has 4 heteroatoms. The Hall–Kier alpha value is -1.03. The van der Waals surface area contributed by atoms with Crippen molar-refractivity contribution >= 4 is 6.21 Å². The van der Waals surface area contributed by atoms with Crippen LogP contribution >= 0.6 is 0 Å². The largest absolute Gasteiger partial charge is 0.369 e. The molecule has 0 aromatic rings. The minimum atomic E-state index is -0.138. The van der Waals surface area contributed by atoms with Crippen LogP contribution in [0.1, 0.15) is 19.8 Å². The first-order valence-corrected chi connectivity index (χ1v) is 3.75. The summed E-state index contributed by atoms with van der Waals surface area (Å²) in [5.41, 5.74) is 5.71. The molecular weight excluding hydrogens is 142 g/mol. The molecular formula is C7H13N3O. The van der Waals surface area contributed by atoms with E-state index in [4.69, 9.17) is 10.6 Å². The normalized spacial score (nSPS) is 18.2. The molecule has 2 N–H and O–H groups in total. The highest BCUT2D eigenvalue weighted by atomic mass is 16.7. The van der Waals surface area contributed by atoms with Gasteiger partial charge in [-0.25, -0.2) is 0 Å². The SMILES string of the molecule is CCCC(N)N1N=CC=CO1. The first-order chi connectivity index (χ1) is 5.34. The van der Waals surface area contributed by atoms with Gasteiger partial charge in [0.2, 0.25) is 0 Å². The van der Waals surface area contributed by atoms with Gasteiger partial charge >= 0.3 is 0 Å². The lowest BCUT2D eigenvalue weighted by Gasteiger charge is -2.24. The number of rotatable bonds is 3. The van der Waals surface area contributed by atoms with Gasteiger partial charge in [0.05, 0.1) is 6.21 Å². The van der Waals surface area contributed by atoms with Gasteiger partial charge in [0.25, 0.3) is 0 Å². The summed E-state index contributed by atoms with van der Waals surface area (Å²) in [5, 5.41) is 5.33. The first kappa shape index (κ1) is 8.07. The van der Waals surface area contributed by atoms with Crippen LogP contribution in [0, 0.1) is 0 Å². The molecule has 0 saturated carbocycles. The predicted octanol–water partition coefficient (Wildman–Crippen LogP) is 0.818. The molecule has 0 spiro atoms. The van der Waals surface area contributed by atoms with Gasteiger partial charge < -0.3 is 10.6 Å². The molecule has 1 atom stereocenters. The molecule has 1 rings (SSSR count). The van der Waals surface area contributed by atoms with Gasteiger partial charge in [-0.15, -0.1) is 10.3 Å². The molecule has 1 aliphatic rings. The van der Waals surface area contributed by atoms with Crippen molar-refractivity contribution in [3.05, 3.63) is 12.3 Å². The van der Waals surface area contributed by atoms with Crippen molar-refractivity contribution < 1.29 is 4.84 Å². The van der Waals surface area contributed by atoms with E-state index in [1.165, 1.54) is 5.17 Å². The molecule has 0 fully saturated rings. The van der Waals surface area contributed by atoms with Gasteiger partial charge in [-0.2, -0.15) is 0 Å². The Kier molecular flexibility index (Phi) is 2.92. The number of nitrogens with zero attached hydrogens (tertiary/aromatic N) is 2. The van der Waals surface area contributed by atoms with Crippen LogP contribution in [0.2, 0.25) is 0 Å². The highest BCUT2D eigenvalue weighted by Gasteiger charge is 2.11. The van der Waals surface area contributed by atoms with E-state index in [9.17, 15) is 0 Å². The molecule has 0 bridgehead atoms. The van der Waals surface area contributed by atoms with Crippen LogP contribution in [0.5, 0.6) is 0 Å². The fraction of sp³-hybridized carbons (Fsp3) is 0.571. The number of nitrogens with two attached hydrogens (primary N) is 1. The number of allylic oxidation sites excluding steroid dienone is 1. The van der Waals surface area contributed by atoms with E-state index in [1.54, 1.807) is 18.6 Å². The molecule has 0 aromatic heterocycles. The molecule has 0 aromatic carbocycles. The third kappa shape index (κ3) is 2.23. The molecule has 1 aliphatic heterocycles. The summed E-state index contributed by atoms with van der Waals surface area (Å²) in [4.78, 5) is 5.02. The Morgan fingerprint density at radius 2 is 2.55 bits per heavy atom. The fourth-order valence-electron chi connectivity index (χ4n) is 0.834. The molecule has 62 valence electrons. The molecule has 11 heavy (non-hydrogen) atoms. The van der Waals surface area contributed by atoms with Crippen LogP contribution < -0.4 is 5.73 Å². The maximum atomic E-state index is 5.71. The van der Waals surface area contributed by atoms with Crippen LogP contribution in [0.3, 0.4) is 0 Å². The lowest BCUT2D eigenvalue weighted by atomic mass is 10.3. The van der Waals surface area contributed by atoms with Crippen molar-refractivity contribution in [3.8, 4) is 0 Å². The molecule has 0 radical (unpaired) electrons. The molecule has 0 aliphatic carbocycles. The van der Waals surface area contributed by atoms with E-state index in [0.29, 0.717) is 0 Å². The van der Waals surface area contributed by atoms with E-state index in [1.807, 2.05) is 0 Å². The van der Waals surface area contributed by atoms with E-state index in [0.717, 1.165) is 12.8 Å². The van der Waals surface area contributed by atoms with Gasteiger partial charge in [-0.3, -0.25) is 0 Å². The average Bonchev–Trinajstić information content (AvgIpc) is 2.07. The standard InChI is InChI=1S/C7H13N3O/c1-2-4-7(8)10-9-5-3-6-11-10/h3,5-7H,2,4,8H2,1H3. The Morgan fingerprint density at radius 3 is 3.09 bits per heavy atom. The first-order valence-electron chi connectivity index (χ1n) is 3.75. The number of hydrogen-bond donors (Lipinski definition) is 1. The second-order valence-electron chi connectivity index (χ2n) is 2.36. The second-order valence-corrected chi connectivity index (χ2v) is 2.36. The fourth-order valence-corrected chi connectivity index (χ4v) is 0.834. The number of hydroxylamine groups is 1. The zero-order valence-corrected chi connectivity index (χ0v) is 6.60. The molecule has 0 amide bonds. The quantitative estimate of drug-likeness (QED) is 0.656. The van der Waals surface area contributed by atoms with E-state index < -0.39 is 0 Å². The van der Waals surface area contributed by atoms with Crippen LogP contribution in [-0.2, 0) is 4.84 Å². The van der Waals surface area contributed by atoms with Crippen molar-refractivity contribution in [2.45, 2.75) is 25.9 Å². The maximum absolute atomic E-state index is 5.71. The smallest absolute Gasteiger partial charge is 0.134 e. The van der Waals surface area contributed by atoms with Gasteiger partial charge in [0.15, 0.2) is 0 Å². The van der Waals surface area contributed by atoms with Gasteiger partial charge in [-0.1, -0.05) is 13.3 Å². The predicted molar refractivity (Wildman–Crippen MR) is 43.4 cm³/mol. The molecule has 1 unspecified atom stereocenters. The van der Waals surface area contributed by atoms with Crippen molar-refractivity contribution in [3.63, 3.8) is 0 Å². The van der Waals surface area contributed by atoms with Crippen LogP contribution in [0.15, 0.2) is 17.4 Å². The minimum Gasteiger partial charge on any atom is -0.369 e. The van der Waals surface area contributed by atoms with Crippen LogP contribution in [0.25, 0.3) is 0 Å². The summed E-state index contributed by atoms with van der Waals surface area (Å²) in [6.45, 7) is 2.07. The molecule has 1 heterocycles. The monoisotopic (exact) mass is 155 g/mol. The van der Waals surface area contributed by atoms with Crippen molar-refractivity contribution in [1.29, 1.82) is 0 Å². The van der Waals surface area contributed by atoms with E-state index in [2.05, 4.69) is 12.0 Å². The van der Waals surface area contributed by atoms with Crippen molar-refractivity contribution in [2.24, 2.45) is 10.8 Å². The summed E-state index contributed by atoms with van der Waals surface area (Å²) < 4.78 is 0. The zero-order valence-electron chi connectivity index (χ0n) is 6.60. The average molecular weight is 155 g/mol. The van der Waals surface area contributed by atoms with E-state index in [-0.39, 0.29) is 6.17 Å². The molecule has 0 saturated heterocycles. The second kappa shape index (κ2) is 3.98. The lowest BCUT2D eigenvalue weighted by molar-refractivity contribution is -0.138. The van der Waals surface area contributed by atoms with Gasteiger partial charge in [-0.05, 0) is 12.5 Å². The zero-order chi connectivity index (χ0) is 8.10. The summed E-state index contributed by atoms with van der Waals surface area (Å²) >= 11 is 0. The van der Waals surface area contributed by atoms with Crippen LogP contribution in [-0.4, -0.2) is 17.6 Å². The van der Waals surface area contributed by atoms with Gasteiger partial charge in [0.1, 0.15) is 12.4 Å². The molecule has 4 nitrogen and oxygen atoms in total. The third-order valence-electron chi connectivity index (χ3n) is 1.38. The lowest BCUT2D eigenvalue weighted by Crippen LogP contribution is -2.38. The topological polar surface area (TPSA) is 50.8 Å². The third-order valence-corrected chi connectivity index (χ3v) is 1.38. The highest BCUT2D eigenvalue weighted by molar-refractivity contribution is 5.70. The Balaban J connectivity index is 2.35. The van der Waals surface area contributed by atoms with Crippen molar-refractivity contribution in [2.75, 3.05) is 0 Å². The Morgan fingerprint density at radius 1 is 1.73 bits per heavy atom. The maximum Gasteiger partial charge on any atom is 0.134 e. The number of hydrogen-bond acceptors (Lipinski definition) is 4. The van der Waals surface area contributed by atoms with E-state index >= 15 is 0 Å². The summed E-state index contributed by atoms with van der Waals surface area (Å²) in [5.74, 6) is 0. The minimum absolute atomic E-state index is 0.138. The summed E-state index contributed by atoms with van der Waals surface area (Å²) in [7, 11) is 0. The van der Waals surface area contributed by atoms with Crippen molar-refractivity contribution in [1.82, 2.24) is 5.17 Å². The summed E-state index contributed by atoms with van der Waals surface area (Å²) in [6.07, 6.45) is 6.70. The summed E-state index contributed by atoms with van der Waals surface area (Å²) in [6, 6.07) is 0. The Labute approximate surface area is 66.3 Å². The highest BCUT2D eigenvalue weighted by Crippen LogP contribution is 2.05. The Bertz CT molecular complexity index is 167.